The fourth-order valence-electron chi connectivity index (χ4n) is 4.90. The van der Waals surface area contributed by atoms with Crippen LogP contribution in [0.15, 0.2) is 58.7 Å². The van der Waals surface area contributed by atoms with Gasteiger partial charge in [-0.3, -0.25) is 14.5 Å². The summed E-state index contributed by atoms with van der Waals surface area (Å²) in [5, 5.41) is 3.32. The van der Waals surface area contributed by atoms with Crippen LogP contribution in [0.25, 0.3) is 10.9 Å². The zero-order valence-corrected chi connectivity index (χ0v) is 21.8. The highest BCUT2D eigenvalue weighted by atomic mass is 32.1. The van der Waals surface area contributed by atoms with E-state index in [0.717, 1.165) is 37.9 Å². The number of ether oxygens (including phenoxy) is 1. The van der Waals surface area contributed by atoms with E-state index in [9.17, 15) is 9.59 Å². The van der Waals surface area contributed by atoms with Gasteiger partial charge in [0.05, 0.1) is 19.1 Å². The lowest BCUT2D eigenvalue weighted by atomic mass is 9.98. The van der Waals surface area contributed by atoms with Crippen LogP contribution in [0.4, 0.5) is 0 Å². The van der Waals surface area contributed by atoms with Gasteiger partial charge < -0.3 is 19.0 Å². The molecular weight excluding hydrogens is 488 g/mol. The first kappa shape index (κ1) is 25.2. The molecule has 9 heteroatoms. The van der Waals surface area contributed by atoms with Gasteiger partial charge in [0, 0.05) is 48.2 Å². The molecule has 37 heavy (non-hydrogen) atoms. The van der Waals surface area contributed by atoms with Crippen LogP contribution in [0, 0.1) is 5.92 Å². The normalized spacial score (nSPS) is 15.9. The highest BCUT2D eigenvalue weighted by molar-refractivity contribution is 7.09. The number of hydrogen-bond donors (Lipinski definition) is 1. The van der Waals surface area contributed by atoms with Gasteiger partial charge in [-0.1, -0.05) is 24.3 Å². The number of aromatic nitrogens is 2. The molecule has 4 aromatic rings. The maximum atomic E-state index is 13.1. The van der Waals surface area contributed by atoms with Crippen molar-refractivity contribution < 1.29 is 18.7 Å². The predicted octanol–water partition coefficient (Wildman–Crippen LogP) is 4.88. The summed E-state index contributed by atoms with van der Waals surface area (Å²) in [5.74, 6) is -0.208. The molecule has 1 amide bonds. The molecule has 0 spiro atoms. The summed E-state index contributed by atoms with van der Waals surface area (Å²) in [7, 11) is 0. The average Bonchev–Trinajstić information content (AvgIpc) is 3.69. The molecule has 3 aromatic heterocycles. The van der Waals surface area contributed by atoms with Gasteiger partial charge in [-0.05, 0) is 49.3 Å². The van der Waals surface area contributed by atoms with Crippen molar-refractivity contribution in [3.8, 4) is 0 Å². The quantitative estimate of drug-likeness (QED) is 0.300. The van der Waals surface area contributed by atoms with Crippen LogP contribution in [-0.2, 0) is 29.0 Å². The first-order valence-electron chi connectivity index (χ1n) is 12.8. The number of piperidine rings is 1. The zero-order chi connectivity index (χ0) is 25.6. The van der Waals surface area contributed by atoms with Crippen molar-refractivity contribution in [3.05, 3.63) is 76.3 Å². The van der Waals surface area contributed by atoms with Crippen LogP contribution in [0.1, 0.15) is 46.6 Å². The largest absolute Gasteiger partial charge is 0.466 e. The second kappa shape index (κ2) is 11.7. The maximum Gasteiger partial charge on any atom is 0.310 e. The number of aromatic amines is 1. The number of esters is 1. The molecule has 1 atom stereocenters. The number of carbonyl (C=O) groups excluding carboxylic acids is 2. The van der Waals surface area contributed by atoms with Gasteiger partial charge in [0.25, 0.3) is 5.91 Å². The van der Waals surface area contributed by atoms with Crippen molar-refractivity contribution in [1.82, 2.24) is 19.8 Å². The van der Waals surface area contributed by atoms with E-state index in [1.165, 1.54) is 22.1 Å². The second-order valence-corrected chi connectivity index (χ2v) is 10.4. The number of oxazole rings is 1. The van der Waals surface area contributed by atoms with Crippen molar-refractivity contribution in [2.75, 3.05) is 26.2 Å². The Bertz CT molecular complexity index is 1330. The number of likely N-dealkylation sites (tertiary alicyclic amines) is 1. The van der Waals surface area contributed by atoms with Gasteiger partial charge in [-0.15, -0.1) is 11.3 Å². The van der Waals surface area contributed by atoms with Crippen molar-refractivity contribution in [2.45, 2.75) is 39.3 Å². The van der Waals surface area contributed by atoms with Gasteiger partial charge in [0.1, 0.15) is 6.26 Å². The lowest BCUT2D eigenvalue weighted by Crippen LogP contribution is -2.43. The van der Waals surface area contributed by atoms with E-state index in [4.69, 9.17) is 9.15 Å². The summed E-state index contributed by atoms with van der Waals surface area (Å²) in [6.45, 7) is 5.19. The predicted molar refractivity (Wildman–Crippen MR) is 142 cm³/mol. The lowest BCUT2D eigenvalue weighted by Gasteiger charge is -2.30. The molecule has 1 N–H and O–H groups in total. The van der Waals surface area contributed by atoms with Crippen LogP contribution in [0.2, 0.25) is 0 Å². The van der Waals surface area contributed by atoms with Gasteiger partial charge >= 0.3 is 5.97 Å². The smallest absolute Gasteiger partial charge is 0.310 e. The fraction of sp³-hybridized carbons (Fsp3) is 0.393. The average molecular weight is 521 g/mol. The number of H-pyrrole nitrogens is 1. The highest BCUT2D eigenvalue weighted by Gasteiger charge is 2.31. The Hall–Kier alpha value is -3.43. The van der Waals surface area contributed by atoms with E-state index in [2.05, 4.69) is 56.8 Å². The molecule has 0 radical (unpaired) electrons. The Balaban J connectivity index is 1.25. The summed E-state index contributed by atoms with van der Waals surface area (Å²) in [6.07, 6.45) is 5.90. The number of rotatable bonds is 10. The Kier molecular flexibility index (Phi) is 8.01. The Morgan fingerprint density at radius 1 is 1.24 bits per heavy atom. The monoisotopic (exact) mass is 520 g/mol. The minimum Gasteiger partial charge on any atom is -0.466 e. The van der Waals surface area contributed by atoms with E-state index in [-0.39, 0.29) is 23.5 Å². The topological polar surface area (TPSA) is 91.7 Å². The molecule has 1 saturated heterocycles. The Morgan fingerprint density at radius 2 is 2.14 bits per heavy atom. The van der Waals surface area contributed by atoms with Crippen molar-refractivity contribution >= 4 is 34.1 Å². The molecule has 4 heterocycles. The fourth-order valence-corrected chi connectivity index (χ4v) is 5.65. The van der Waals surface area contributed by atoms with Gasteiger partial charge in [-0.25, -0.2) is 4.98 Å². The van der Waals surface area contributed by atoms with Gasteiger partial charge in [0.2, 0.25) is 5.89 Å². The third kappa shape index (κ3) is 6.11. The Labute approximate surface area is 220 Å². The van der Waals surface area contributed by atoms with E-state index < -0.39 is 0 Å². The third-order valence-corrected chi connectivity index (χ3v) is 7.65. The van der Waals surface area contributed by atoms with Crippen molar-refractivity contribution in [3.63, 3.8) is 0 Å². The van der Waals surface area contributed by atoms with E-state index in [1.807, 2.05) is 6.07 Å². The number of benzene rings is 1. The van der Waals surface area contributed by atoms with Crippen LogP contribution in [0.5, 0.6) is 0 Å². The number of hydrogen-bond acceptors (Lipinski definition) is 7. The molecule has 0 aliphatic carbocycles. The zero-order valence-electron chi connectivity index (χ0n) is 21.0. The molecule has 1 aliphatic rings. The number of nitrogens with zero attached hydrogens (tertiary/aromatic N) is 3. The van der Waals surface area contributed by atoms with Crippen LogP contribution >= 0.6 is 11.3 Å². The van der Waals surface area contributed by atoms with E-state index in [0.29, 0.717) is 32.1 Å². The molecule has 0 saturated carbocycles. The van der Waals surface area contributed by atoms with Crippen LogP contribution in [-0.4, -0.2) is 57.9 Å². The van der Waals surface area contributed by atoms with Gasteiger partial charge in [-0.2, -0.15) is 0 Å². The first-order valence-corrected chi connectivity index (χ1v) is 13.7. The first-order chi connectivity index (χ1) is 18.1. The second-order valence-electron chi connectivity index (χ2n) is 9.37. The lowest BCUT2D eigenvalue weighted by molar-refractivity contribution is -0.149. The van der Waals surface area contributed by atoms with Crippen molar-refractivity contribution in [1.29, 1.82) is 0 Å². The SMILES string of the molecule is CCOC(=O)C1CCCN(C(=O)c2coc(CN(CCc3c[nH]c4ccccc34)Cc3cccs3)n2)C1. The minimum absolute atomic E-state index is 0.201. The maximum absolute atomic E-state index is 13.1. The molecule has 1 fully saturated rings. The molecule has 194 valence electrons. The third-order valence-electron chi connectivity index (χ3n) is 6.79. The van der Waals surface area contributed by atoms with Crippen LogP contribution in [0.3, 0.4) is 0 Å². The molecular formula is C28H32N4O4S. The standard InChI is InChI=1S/C28H32N4O4S/c1-2-35-28(34)21-7-5-12-32(16-21)27(33)25-19-36-26(30-25)18-31(17-22-8-6-14-37-22)13-11-20-15-29-24-10-4-3-9-23(20)24/h3-4,6,8-10,14-15,19,21,29H,2,5,7,11-13,16-18H2,1H3. The summed E-state index contributed by atoms with van der Waals surface area (Å²) >= 11 is 1.73. The van der Waals surface area contributed by atoms with Crippen LogP contribution < -0.4 is 0 Å². The summed E-state index contributed by atoms with van der Waals surface area (Å²) in [4.78, 5) is 38.4. The summed E-state index contributed by atoms with van der Waals surface area (Å²) in [5.41, 5.74) is 2.70. The molecule has 8 nitrogen and oxygen atoms in total. The number of carbonyl (C=O) groups is 2. The minimum atomic E-state index is -0.283. The molecule has 5 rings (SSSR count). The van der Waals surface area contributed by atoms with Gasteiger partial charge in [0.15, 0.2) is 5.69 Å². The Morgan fingerprint density at radius 3 is 2.97 bits per heavy atom. The molecule has 1 aliphatic heterocycles. The summed E-state index contributed by atoms with van der Waals surface area (Å²) < 4.78 is 10.9. The number of fused-ring (bicyclic) bond motifs is 1. The highest BCUT2D eigenvalue weighted by Crippen LogP contribution is 2.22. The molecule has 0 bridgehead atoms. The van der Waals surface area contributed by atoms with Crippen molar-refractivity contribution in [2.24, 2.45) is 5.92 Å². The molecule has 1 aromatic carbocycles. The number of nitrogens with one attached hydrogen (secondary N) is 1. The number of amides is 1. The molecule has 1 unspecified atom stereocenters. The number of para-hydroxylation sites is 1. The van der Waals surface area contributed by atoms with E-state index >= 15 is 0 Å². The summed E-state index contributed by atoms with van der Waals surface area (Å²) in [6, 6.07) is 12.5. The van der Waals surface area contributed by atoms with E-state index in [1.54, 1.807) is 23.2 Å². The number of thiophene rings is 1.